The van der Waals surface area contributed by atoms with Gasteiger partial charge in [0.2, 0.25) is 0 Å². The molecule has 4 heteroatoms. The summed E-state index contributed by atoms with van der Waals surface area (Å²) in [6.45, 7) is 7.43. The fourth-order valence-electron chi connectivity index (χ4n) is 1.81. The van der Waals surface area contributed by atoms with E-state index in [9.17, 15) is 4.79 Å². The smallest absolute Gasteiger partial charge is 0.161 e. The van der Waals surface area contributed by atoms with Gasteiger partial charge in [-0.2, -0.15) is 0 Å². The maximum atomic E-state index is 11.6. The van der Waals surface area contributed by atoms with Crippen molar-refractivity contribution in [1.29, 1.82) is 0 Å². The summed E-state index contributed by atoms with van der Waals surface area (Å²) in [5, 5.41) is 4.23. The Bertz CT molecular complexity index is 639. The molecular weight excluding hydrogens is 305 g/mol. The minimum atomic E-state index is -0.0111. The molecule has 0 heterocycles. The standard InChI is InChI=1S/C15H13Cl2NO.C2H6/c1-9-7-8-12(16)15(14(9)17)18-13-6-4-3-5-11(13)10(2)19;1-2/h3-8,18H,1-2H3;1-2H3. The van der Waals surface area contributed by atoms with Gasteiger partial charge in [-0.25, -0.2) is 0 Å². The van der Waals surface area contributed by atoms with Crippen molar-refractivity contribution in [2.75, 3.05) is 5.32 Å². The molecule has 2 aromatic carbocycles. The zero-order valence-electron chi connectivity index (χ0n) is 12.6. The summed E-state index contributed by atoms with van der Waals surface area (Å²) in [4.78, 5) is 11.6. The van der Waals surface area contributed by atoms with Gasteiger partial charge in [0.25, 0.3) is 0 Å². The quantitative estimate of drug-likeness (QED) is 0.674. The summed E-state index contributed by atoms with van der Waals surface area (Å²) in [6, 6.07) is 10.9. The molecule has 112 valence electrons. The zero-order valence-corrected chi connectivity index (χ0v) is 14.1. The summed E-state index contributed by atoms with van der Waals surface area (Å²) < 4.78 is 0. The molecule has 2 aromatic rings. The summed E-state index contributed by atoms with van der Waals surface area (Å²) >= 11 is 12.4. The number of aryl methyl sites for hydroxylation is 1. The van der Waals surface area contributed by atoms with Gasteiger partial charge in [-0.15, -0.1) is 0 Å². The normalized spacial score (nSPS) is 9.62. The Balaban J connectivity index is 0.00000106. The second-order valence-electron chi connectivity index (χ2n) is 4.28. The van der Waals surface area contributed by atoms with Crippen LogP contribution < -0.4 is 5.32 Å². The Morgan fingerprint density at radius 2 is 1.67 bits per heavy atom. The van der Waals surface area contributed by atoms with Crippen LogP contribution in [0.2, 0.25) is 10.0 Å². The number of carbonyl (C=O) groups is 1. The van der Waals surface area contributed by atoms with Crippen molar-refractivity contribution < 1.29 is 4.79 Å². The fourth-order valence-corrected chi connectivity index (χ4v) is 2.27. The molecule has 0 amide bonds. The van der Waals surface area contributed by atoms with Crippen molar-refractivity contribution in [3.8, 4) is 0 Å². The van der Waals surface area contributed by atoms with Crippen LogP contribution in [0.4, 0.5) is 11.4 Å². The van der Waals surface area contributed by atoms with Crippen LogP contribution in [-0.2, 0) is 0 Å². The van der Waals surface area contributed by atoms with E-state index in [2.05, 4.69) is 5.32 Å². The third kappa shape index (κ3) is 4.23. The minimum absolute atomic E-state index is 0.0111. The van der Waals surface area contributed by atoms with E-state index in [1.807, 2.05) is 45.0 Å². The Morgan fingerprint density at radius 1 is 1.05 bits per heavy atom. The monoisotopic (exact) mass is 323 g/mol. The lowest BCUT2D eigenvalue weighted by molar-refractivity contribution is 0.101. The first kappa shape index (κ1) is 17.5. The van der Waals surface area contributed by atoms with E-state index in [1.54, 1.807) is 12.1 Å². The summed E-state index contributed by atoms with van der Waals surface area (Å²) in [5.74, 6) is -0.0111. The Morgan fingerprint density at radius 3 is 2.29 bits per heavy atom. The van der Waals surface area contributed by atoms with Gasteiger partial charge in [-0.05, 0) is 37.6 Å². The van der Waals surface area contributed by atoms with E-state index in [0.717, 1.165) is 5.56 Å². The molecule has 0 unspecified atom stereocenters. The predicted molar refractivity (Wildman–Crippen MR) is 92.3 cm³/mol. The molecule has 0 aliphatic carbocycles. The maximum absolute atomic E-state index is 11.6. The highest BCUT2D eigenvalue weighted by molar-refractivity contribution is 6.39. The highest BCUT2D eigenvalue weighted by Gasteiger charge is 2.12. The average Bonchev–Trinajstić information content (AvgIpc) is 2.50. The van der Waals surface area contributed by atoms with Crippen molar-refractivity contribution in [3.63, 3.8) is 0 Å². The fraction of sp³-hybridized carbons (Fsp3) is 0.235. The molecule has 0 radical (unpaired) electrons. The van der Waals surface area contributed by atoms with E-state index < -0.39 is 0 Å². The van der Waals surface area contributed by atoms with Gasteiger partial charge in [0.1, 0.15) is 0 Å². The second kappa shape index (κ2) is 8.06. The molecule has 0 saturated heterocycles. The third-order valence-corrected chi connectivity index (χ3v) is 3.65. The number of halogens is 2. The number of ketones is 1. The molecule has 21 heavy (non-hydrogen) atoms. The van der Waals surface area contributed by atoms with Gasteiger partial charge >= 0.3 is 0 Å². The van der Waals surface area contributed by atoms with Crippen LogP contribution in [-0.4, -0.2) is 5.78 Å². The number of benzene rings is 2. The van der Waals surface area contributed by atoms with Gasteiger partial charge < -0.3 is 5.32 Å². The van der Waals surface area contributed by atoms with Crippen LogP contribution in [0.25, 0.3) is 0 Å². The largest absolute Gasteiger partial charge is 0.352 e. The highest BCUT2D eigenvalue weighted by Crippen LogP contribution is 2.35. The third-order valence-electron chi connectivity index (χ3n) is 2.85. The molecular formula is C17H19Cl2NO. The molecule has 0 aliphatic heterocycles. The van der Waals surface area contributed by atoms with Crippen molar-refractivity contribution in [3.05, 3.63) is 57.6 Å². The minimum Gasteiger partial charge on any atom is -0.352 e. The highest BCUT2D eigenvalue weighted by atomic mass is 35.5. The van der Waals surface area contributed by atoms with E-state index in [4.69, 9.17) is 23.2 Å². The van der Waals surface area contributed by atoms with Crippen molar-refractivity contribution >= 4 is 40.4 Å². The van der Waals surface area contributed by atoms with Crippen molar-refractivity contribution in [1.82, 2.24) is 0 Å². The molecule has 1 N–H and O–H groups in total. The Hall–Kier alpha value is -1.51. The van der Waals surface area contributed by atoms with E-state index >= 15 is 0 Å². The molecule has 0 spiro atoms. The van der Waals surface area contributed by atoms with Gasteiger partial charge in [0.15, 0.2) is 5.78 Å². The molecule has 0 saturated carbocycles. The number of hydrogen-bond acceptors (Lipinski definition) is 2. The topological polar surface area (TPSA) is 29.1 Å². The first-order chi connectivity index (χ1) is 10.0. The van der Waals surface area contributed by atoms with E-state index in [0.29, 0.717) is 27.0 Å². The second-order valence-corrected chi connectivity index (χ2v) is 5.07. The Kier molecular flexibility index (Phi) is 6.73. The summed E-state index contributed by atoms with van der Waals surface area (Å²) in [5.41, 5.74) is 2.85. The van der Waals surface area contributed by atoms with Gasteiger partial charge in [0.05, 0.1) is 15.7 Å². The van der Waals surface area contributed by atoms with Crippen LogP contribution in [0.1, 0.15) is 36.7 Å². The lowest BCUT2D eigenvalue weighted by Crippen LogP contribution is -2.01. The average molecular weight is 324 g/mol. The summed E-state index contributed by atoms with van der Waals surface area (Å²) in [7, 11) is 0. The molecule has 0 atom stereocenters. The molecule has 0 bridgehead atoms. The van der Waals surface area contributed by atoms with E-state index in [1.165, 1.54) is 6.92 Å². The van der Waals surface area contributed by atoms with Crippen LogP contribution in [0.3, 0.4) is 0 Å². The van der Waals surface area contributed by atoms with Gasteiger partial charge in [-0.3, -0.25) is 4.79 Å². The first-order valence-electron chi connectivity index (χ1n) is 6.82. The molecule has 0 fully saturated rings. The number of para-hydroxylation sites is 1. The molecule has 0 aromatic heterocycles. The van der Waals surface area contributed by atoms with Crippen LogP contribution in [0, 0.1) is 6.92 Å². The number of nitrogens with one attached hydrogen (secondary N) is 1. The number of hydrogen-bond donors (Lipinski definition) is 1. The van der Waals surface area contributed by atoms with Crippen molar-refractivity contribution in [2.45, 2.75) is 27.7 Å². The zero-order chi connectivity index (χ0) is 16.0. The summed E-state index contributed by atoms with van der Waals surface area (Å²) in [6.07, 6.45) is 0. The van der Waals surface area contributed by atoms with Crippen LogP contribution in [0.5, 0.6) is 0 Å². The first-order valence-corrected chi connectivity index (χ1v) is 7.58. The lowest BCUT2D eigenvalue weighted by atomic mass is 10.1. The number of anilines is 2. The molecule has 2 nitrogen and oxygen atoms in total. The lowest BCUT2D eigenvalue weighted by Gasteiger charge is -2.14. The predicted octanol–water partition coefficient (Wildman–Crippen LogP) is 6.27. The SMILES string of the molecule is CC.CC(=O)c1ccccc1Nc1c(Cl)ccc(C)c1Cl. The van der Waals surface area contributed by atoms with Crippen molar-refractivity contribution in [2.24, 2.45) is 0 Å². The maximum Gasteiger partial charge on any atom is 0.161 e. The number of carbonyl (C=O) groups excluding carboxylic acids is 1. The van der Waals surface area contributed by atoms with Gasteiger partial charge in [-0.1, -0.05) is 55.2 Å². The van der Waals surface area contributed by atoms with Crippen LogP contribution in [0.15, 0.2) is 36.4 Å². The number of Topliss-reactive ketones (excluding diaryl/α,β-unsaturated/α-hetero) is 1. The van der Waals surface area contributed by atoms with Crippen LogP contribution >= 0.6 is 23.2 Å². The Labute approximate surface area is 136 Å². The van der Waals surface area contributed by atoms with E-state index in [-0.39, 0.29) is 5.78 Å². The van der Waals surface area contributed by atoms with Gasteiger partial charge in [0, 0.05) is 11.3 Å². The number of rotatable bonds is 3. The molecule has 2 rings (SSSR count). The molecule has 0 aliphatic rings.